The van der Waals surface area contributed by atoms with E-state index in [1.807, 2.05) is 6.92 Å². The Morgan fingerprint density at radius 2 is 2.12 bits per heavy atom. The van der Waals surface area contributed by atoms with Gasteiger partial charge >= 0.3 is 6.09 Å². The van der Waals surface area contributed by atoms with Crippen molar-refractivity contribution in [1.82, 2.24) is 5.32 Å². The Hall–Kier alpha value is -1.84. The van der Waals surface area contributed by atoms with Gasteiger partial charge in [0.15, 0.2) is 11.7 Å². The molecule has 1 unspecified atom stereocenters. The summed E-state index contributed by atoms with van der Waals surface area (Å²) in [6.07, 6.45) is -1.80. The number of halogens is 1. The zero-order valence-electron chi connectivity index (χ0n) is 14.1. The number of unbranched alkanes of at least 4 members (excludes halogenated alkanes) is 2. The number of aliphatic hydroxyl groups is 2. The highest BCUT2D eigenvalue weighted by atomic mass is 19.1. The van der Waals surface area contributed by atoms with Crippen molar-refractivity contribution in [1.29, 1.82) is 0 Å². The van der Waals surface area contributed by atoms with E-state index in [1.54, 1.807) is 0 Å². The number of carbonyl (C=O) groups excluding carboxylic acids is 2. The summed E-state index contributed by atoms with van der Waals surface area (Å²) in [6.45, 7) is 3.71. The molecule has 2 amide bonds. The Bertz CT molecular complexity index is 579. The Balaban J connectivity index is 2.03. The van der Waals surface area contributed by atoms with E-state index in [4.69, 9.17) is 9.47 Å². The molecule has 0 aromatic carbocycles. The number of hydrogen-bond acceptors (Lipinski definition) is 6. The minimum absolute atomic E-state index is 0.170. The zero-order valence-corrected chi connectivity index (χ0v) is 14.1. The number of amides is 2. The molecule has 0 saturated carbocycles. The van der Waals surface area contributed by atoms with Gasteiger partial charge in [0.05, 0.1) is 18.6 Å². The predicted molar refractivity (Wildman–Crippen MR) is 85.5 cm³/mol. The van der Waals surface area contributed by atoms with Crippen LogP contribution in [0.25, 0.3) is 0 Å². The van der Waals surface area contributed by atoms with Crippen molar-refractivity contribution in [3.8, 4) is 0 Å². The lowest BCUT2D eigenvalue weighted by atomic mass is 9.93. The molecule has 3 N–H and O–H groups in total. The summed E-state index contributed by atoms with van der Waals surface area (Å²) in [4.78, 5) is 27.1. The Kier molecular flexibility index (Phi) is 6.63. The SMILES string of the molecule is CCCCCOC(=O)N=C1NC(=O)C([C@@H]2O[C@H](C)[C@@H](O)[C@H]2O)C=C1F. The van der Waals surface area contributed by atoms with Crippen LogP contribution in [-0.4, -0.2) is 59.1 Å². The normalized spacial score (nSPS) is 34.0. The van der Waals surface area contributed by atoms with Crippen molar-refractivity contribution < 1.29 is 33.7 Å². The van der Waals surface area contributed by atoms with E-state index in [0.29, 0.717) is 6.42 Å². The molecule has 1 fully saturated rings. The molecule has 0 radical (unpaired) electrons. The second-order valence-electron chi connectivity index (χ2n) is 6.10. The molecule has 0 aromatic heterocycles. The van der Waals surface area contributed by atoms with Gasteiger partial charge < -0.3 is 25.0 Å². The van der Waals surface area contributed by atoms with Crippen LogP contribution in [-0.2, 0) is 14.3 Å². The third kappa shape index (κ3) is 4.62. The summed E-state index contributed by atoms with van der Waals surface area (Å²) >= 11 is 0. The summed E-state index contributed by atoms with van der Waals surface area (Å²) < 4.78 is 24.3. The number of aliphatic hydroxyl groups excluding tert-OH is 2. The van der Waals surface area contributed by atoms with Gasteiger partial charge in [0, 0.05) is 0 Å². The summed E-state index contributed by atoms with van der Waals surface area (Å²) in [5, 5.41) is 21.8. The average Bonchev–Trinajstić information content (AvgIpc) is 2.82. The first-order valence-electron chi connectivity index (χ1n) is 8.30. The van der Waals surface area contributed by atoms with Crippen molar-refractivity contribution in [2.45, 2.75) is 57.5 Å². The maximum atomic E-state index is 14.2. The molecule has 0 aromatic rings. The van der Waals surface area contributed by atoms with Crippen molar-refractivity contribution in [3.05, 3.63) is 11.9 Å². The van der Waals surface area contributed by atoms with Crippen LogP contribution in [0.15, 0.2) is 16.9 Å². The van der Waals surface area contributed by atoms with Gasteiger partial charge in [-0.15, -0.1) is 0 Å². The Labute approximate surface area is 144 Å². The highest BCUT2D eigenvalue weighted by Gasteiger charge is 2.47. The molecular weight excluding hydrogens is 335 g/mol. The van der Waals surface area contributed by atoms with Crippen molar-refractivity contribution in [2.75, 3.05) is 6.61 Å². The number of rotatable bonds is 5. The van der Waals surface area contributed by atoms with Crippen LogP contribution in [0.1, 0.15) is 33.1 Å². The van der Waals surface area contributed by atoms with E-state index in [9.17, 15) is 24.2 Å². The van der Waals surface area contributed by atoms with Gasteiger partial charge in [-0.3, -0.25) is 4.79 Å². The van der Waals surface area contributed by atoms with Gasteiger partial charge in [0.25, 0.3) is 0 Å². The van der Waals surface area contributed by atoms with Gasteiger partial charge in [-0.1, -0.05) is 19.8 Å². The smallest absolute Gasteiger partial charge is 0.435 e. The fourth-order valence-electron chi connectivity index (χ4n) is 2.71. The van der Waals surface area contributed by atoms with E-state index in [0.717, 1.165) is 18.9 Å². The number of hydrogen-bond donors (Lipinski definition) is 3. The molecule has 0 spiro atoms. The summed E-state index contributed by atoms with van der Waals surface area (Å²) in [7, 11) is 0. The Morgan fingerprint density at radius 1 is 1.40 bits per heavy atom. The third-order valence-electron chi connectivity index (χ3n) is 4.17. The lowest BCUT2D eigenvalue weighted by Crippen LogP contribution is -2.47. The van der Waals surface area contributed by atoms with Crippen molar-refractivity contribution >= 4 is 17.8 Å². The van der Waals surface area contributed by atoms with Gasteiger partial charge in [0.1, 0.15) is 18.3 Å². The standard InChI is InChI=1S/C16H23FN2O6/c1-3-4-5-6-24-16(23)19-14-10(17)7-9(15(22)18-14)13-12(21)11(20)8(2)25-13/h7-9,11-13,20-21H,3-6H2,1-2H3,(H,18,19,22,23)/t8-,9?,11-,12-,13+/m1/s1. The van der Waals surface area contributed by atoms with Crippen molar-refractivity contribution in [3.63, 3.8) is 0 Å². The van der Waals surface area contributed by atoms with E-state index in [1.165, 1.54) is 6.92 Å². The van der Waals surface area contributed by atoms with Crippen LogP contribution in [0, 0.1) is 5.92 Å². The topological polar surface area (TPSA) is 117 Å². The lowest BCUT2D eigenvalue weighted by Gasteiger charge is -2.25. The fourth-order valence-corrected chi connectivity index (χ4v) is 2.71. The van der Waals surface area contributed by atoms with Crippen LogP contribution in [0.3, 0.4) is 0 Å². The summed E-state index contributed by atoms with van der Waals surface area (Å²) in [5.41, 5.74) is 0. The average molecular weight is 358 g/mol. The largest absolute Gasteiger partial charge is 0.448 e. The van der Waals surface area contributed by atoms with Gasteiger partial charge in [-0.05, 0) is 19.4 Å². The van der Waals surface area contributed by atoms with Crippen LogP contribution in [0.5, 0.6) is 0 Å². The molecule has 140 valence electrons. The third-order valence-corrected chi connectivity index (χ3v) is 4.17. The van der Waals surface area contributed by atoms with Gasteiger partial charge in [-0.25, -0.2) is 9.18 Å². The summed E-state index contributed by atoms with van der Waals surface area (Å²) in [5.74, 6) is -3.30. The zero-order chi connectivity index (χ0) is 18.6. The second kappa shape index (κ2) is 8.50. The summed E-state index contributed by atoms with van der Waals surface area (Å²) in [6, 6.07) is 0. The number of ether oxygens (including phenoxy) is 2. The van der Waals surface area contributed by atoms with Gasteiger partial charge in [-0.2, -0.15) is 4.99 Å². The molecule has 2 aliphatic rings. The number of nitrogens with one attached hydrogen (secondary N) is 1. The molecule has 2 aliphatic heterocycles. The van der Waals surface area contributed by atoms with Gasteiger partial charge in [0.2, 0.25) is 5.91 Å². The molecular formula is C16H23FN2O6. The quantitative estimate of drug-likeness (QED) is 0.627. The van der Waals surface area contributed by atoms with Crippen LogP contribution >= 0.6 is 0 Å². The van der Waals surface area contributed by atoms with E-state index < -0.39 is 54.0 Å². The first-order chi connectivity index (χ1) is 11.8. The molecule has 1 saturated heterocycles. The highest BCUT2D eigenvalue weighted by molar-refractivity contribution is 6.13. The molecule has 9 heteroatoms. The van der Waals surface area contributed by atoms with Crippen LogP contribution in [0.4, 0.5) is 9.18 Å². The maximum Gasteiger partial charge on any atom is 0.435 e. The van der Waals surface area contributed by atoms with E-state index >= 15 is 0 Å². The highest BCUT2D eigenvalue weighted by Crippen LogP contribution is 2.29. The molecule has 2 rings (SSSR count). The minimum atomic E-state index is -1.32. The van der Waals surface area contributed by atoms with E-state index in [2.05, 4.69) is 10.3 Å². The second-order valence-corrected chi connectivity index (χ2v) is 6.10. The molecule has 8 nitrogen and oxygen atoms in total. The molecule has 2 heterocycles. The number of amidine groups is 1. The van der Waals surface area contributed by atoms with Crippen LogP contribution in [0.2, 0.25) is 0 Å². The van der Waals surface area contributed by atoms with E-state index in [-0.39, 0.29) is 6.61 Å². The number of aliphatic imine (C=N–C) groups is 1. The maximum absolute atomic E-state index is 14.2. The fraction of sp³-hybridized carbons (Fsp3) is 0.688. The minimum Gasteiger partial charge on any atom is -0.448 e. The van der Waals surface area contributed by atoms with Crippen molar-refractivity contribution in [2.24, 2.45) is 10.9 Å². The monoisotopic (exact) mass is 358 g/mol. The first-order valence-corrected chi connectivity index (χ1v) is 8.30. The molecule has 0 bridgehead atoms. The molecule has 0 aliphatic carbocycles. The number of carbonyl (C=O) groups is 2. The number of nitrogens with zero attached hydrogens (tertiary/aromatic N) is 1. The molecule has 5 atom stereocenters. The van der Waals surface area contributed by atoms with Crippen LogP contribution < -0.4 is 5.32 Å². The molecule has 25 heavy (non-hydrogen) atoms. The Morgan fingerprint density at radius 3 is 2.72 bits per heavy atom. The predicted octanol–water partition coefficient (Wildman–Crippen LogP) is 0.820. The lowest BCUT2D eigenvalue weighted by molar-refractivity contribution is -0.128. The first kappa shape index (κ1) is 19.5.